The van der Waals surface area contributed by atoms with E-state index in [4.69, 9.17) is 0 Å². The summed E-state index contributed by atoms with van der Waals surface area (Å²) in [5.41, 5.74) is 0.843. The summed E-state index contributed by atoms with van der Waals surface area (Å²) in [5, 5.41) is 13.1. The van der Waals surface area contributed by atoms with Gasteiger partial charge in [-0.1, -0.05) is 30.3 Å². The van der Waals surface area contributed by atoms with Crippen LogP contribution in [0, 0.1) is 5.92 Å². The van der Waals surface area contributed by atoms with Crippen LogP contribution in [0.4, 0.5) is 0 Å². The van der Waals surface area contributed by atoms with Gasteiger partial charge in [0.25, 0.3) is 0 Å². The predicted octanol–water partition coefficient (Wildman–Crippen LogP) is 1.87. The molecule has 2 N–H and O–H groups in total. The van der Waals surface area contributed by atoms with Crippen molar-refractivity contribution in [3.8, 4) is 0 Å². The van der Waals surface area contributed by atoms with Gasteiger partial charge in [0.15, 0.2) is 0 Å². The Balaban J connectivity index is 1.84. The molecule has 1 aliphatic heterocycles. The second-order valence-electron chi connectivity index (χ2n) is 6.61. The van der Waals surface area contributed by atoms with Crippen molar-refractivity contribution in [3.63, 3.8) is 0 Å². The Morgan fingerprint density at radius 1 is 1.30 bits per heavy atom. The minimum absolute atomic E-state index is 0.0390. The van der Waals surface area contributed by atoms with Gasteiger partial charge in [0.05, 0.1) is 12.0 Å². The Morgan fingerprint density at radius 2 is 1.96 bits per heavy atom. The number of benzene rings is 1. The second kappa shape index (κ2) is 7.59. The standard InChI is InChI=1S/C18H26N2O3/c1-12(2)20-11-15(10-17(20)22)18(23)19-13(3)9-16(21)14-7-5-4-6-8-14/h4-8,12-13,15-16,21H,9-11H2,1-3H3,(H,19,23). The molecule has 1 heterocycles. The third kappa shape index (κ3) is 4.55. The third-order valence-corrected chi connectivity index (χ3v) is 4.30. The number of hydrogen-bond acceptors (Lipinski definition) is 3. The first-order chi connectivity index (χ1) is 10.9. The van der Waals surface area contributed by atoms with Crippen LogP contribution in [0.15, 0.2) is 30.3 Å². The van der Waals surface area contributed by atoms with Crippen LogP contribution in [0.2, 0.25) is 0 Å². The van der Waals surface area contributed by atoms with E-state index in [1.54, 1.807) is 4.90 Å². The van der Waals surface area contributed by atoms with Crippen LogP contribution in [-0.4, -0.2) is 40.4 Å². The molecule has 1 saturated heterocycles. The molecule has 0 bridgehead atoms. The van der Waals surface area contributed by atoms with Gasteiger partial charge in [-0.25, -0.2) is 0 Å². The fraction of sp³-hybridized carbons (Fsp3) is 0.556. The quantitative estimate of drug-likeness (QED) is 0.841. The molecule has 3 unspecified atom stereocenters. The van der Waals surface area contributed by atoms with Crippen molar-refractivity contribution in [3.05, 3.63) is 35.9 Å². The van der Waals surface area contributed by atoms with Gasteiger partial charge in [0.1, 0.15) is 0 Å². The van der Waals surface area contributed by atoms with Crippen molar-refractivity contribution in [2.75, 3.05) is 6.54 Å². The normalized spacial score (nSPS) is 20.7. The van der Waals surface area contributed by atoms with Gasteiger partial charge in [-0.05, 0) is 32.8 Å². The van der Waals surface area contributed by atoms with E-state index in [1.807, 2.05) is 51.1 Å². The van der Waals surface area contributed by atoms with Gasteiger partial charge < -0.3 is 15.3 Å². The molecule has 0 aliphatic carbocycles. The third-order valence-electron chi connectivity index (χ3n) is 4.30. The van der Waals surface area contributed by atoms with E-state index in [1.165, 1.54) is 0 Å². The summed E-state index contributed by atoms with van der Waals surface area (Å²) in [4.78, 5) is 25.9. The monoisotopic (exact) mass is 318 g/mol. The highest BCUT2D eigenvalue weighted by Gasteiger charge is 2.35. The molecule has 2 amide bonds. The fourth-order valence-corrected chi connectivity index (χ4v) is 2.97. The van der Waals surface area contributed by atoms with Crippen molar-refractivity contribution in [1.29, 1.82) is 0 Å². The van der Waals surface area contributed by atoms with Crippen molar-refractivity contribution in [2.45, 2.75) is 51.8 Å². The van der Waals surface area contributed by atoms with Gasteiger partial charge in [-0.15, -0.1) is 0 Å². The lowest BCUT2D eigenvalue weighted by atomic mass is 10.0. The van der Waals surface area contributed by atoms with Crippen molar-refractivity contribution in [1.82, 2.24) is 10.2 Å². The molecular weight excluding hydrogens is 292 g/mol. The summed E-state index contributed by atoms with van der Waals surface area (Å²) in [6.45, 7) is 6.27. The molecule has 0 saturated carbocycles. The number of nitrogens with one attached hydrogen (secondary N) is 1. The topological polar surface area (TPSA) is 69.6 Å². The minimum Gasteiger partial charge on any atom is -0.388 e. The molecule has 2 rings (SSSR count). The molecule has 1 aliphatic rings. The van der Waals surface area contributed by atoms with Gasteiger partial charge >= 0.3 is 0 Å². The molecule has 1 fully saturated rings. The highest BCUT2D eigenvalue weighted by atomic mass is 16.3. The maximum atomic E-state index is 12.3. The Bertz CT molecular complexity index is 544. The first-order valence-electron chi connectivity index (χ1n) is 8.21. The minimum atomic E-state index is -0.608. The van der Waals surface area contributed by atoms with E-state index in [-0.39, 0.29) is 36.2 Å². The average Bonchev–Trinajstić information content (AvgIpc) is 2.90. The maximum absolute atomic E-state index is 12.3. The molecule has 5 heteroatoms. The van der Waals surface area contributed by atoms with Crippen LogP contribution in [0.1, 0.15) is 45.3 Å². The lowest BCUT2D eigenvalue weighted by Crippen LogP contribution is -2.39. The molecule has 1 aromatic rings. The van der Waals surface area contributed by atoms with E-state index in [9.17, 15) is 14.7 Å². The highest BCUT2D eigenvalue weighted by Crippen LogP contribution is 2.22. The number of carbonyl (C=O) groups is 2. The zero-order valence-corrected chi connectivity index (χ0v) is 14.0. The summed E-state index contributed by atoms with van der Waals surface area (Å²) in [6.07, 6.45) is 0.117. The number of nitrogens with zero attached hydrogens (tertiary/aromatic N) is 1. The first kappa shape index (κ1) is 17.5. The molecule has 0 spiro atoms. The highest BCUT2D eigenvalue weighted by molar-refractivity contribution is 5.89. The van der Waals surface area contributed by atoms with Crippen LogP contribution >= 0.6 is 0 Å². The average molecular weight is 318 g/mol. The zero-order chi connectivity index (χ0) is 17.0. The SMILES string of the molecule is CC(CC(O)c1ccccc1)NC(=O)C1CC(=O)N(C(C)C)C1. The van der Waals surface area contributed by atoms with Crippen molar-refractivity contribution in [2.24, 2.45) is 5.92 Å². The van der Waals surface area contributed by atoms with Gasteiger partial charge in [0.2, 0.25) is 11.8 Å². The van der Waals surface area contributed by atoms with Crippen LogP contribution in [-0.2, 0) is 9.59 Å². The number of aliphatic hydroxyl groups excluding tert-OH is 1. The Kier molecular flexibility index (Phi) is 5.77. The van der Waals surface area contributed by atoms with E-state index in [0.717, 1.165) is 5.56 Å². The smallest absolute Gasteiger partial charge is 0.225 e. The Labute approximate surface area is 137 Å². The summed E-state index contributed by atoms with van der Waals surface area (Å²) >= 11 is 0. The number of rotatable bonds is 6. The van der Waals surface area contributed by atoms with E-state index in [0.29, 0.717) is 13.0 Å². The van der Waals surface area contributed by atoms with Gasteiger partial charge in [-0.2, -0.15) is 0 Å². The summed E-state index contributed by atoms with van der Waals surface area (Å²) in [5.74, 6) is -0.354. The predicted molar refractivity (Wildman–Crippen MR) is 88.6 cm³/mol. The van der Waals surface area contributed by atoms with Gasteiger partial charge in [0, 0.05) is 25.0 Å². The van der Waals surface area contributed by atoms with Crippen LogP contribution < -0.4 is 5.32 Å². The largest absolute Gasteiger partial charge is 0.388 e. The van der Waals surface area contributed by atoms with Crippen molar-refractivity contribution < 1.29 is 14.7 Å². The number of carbonyl (C=O) groups excluding carboxylic acids is 2. The molecule has 126 valence electrons. The molecule has 0 radical (unpaired) electrons. The summed E-state index contributed by atoms with van der Waals surface area (Å²) in [6, 6.07) is 9.38. The van der Waals surface area contributed by atoms with Gasteiger partial charge in [-0.3, -0.25) is 9.59 Å². The molecule has 23 heavy (non-hydrogen) atoms. The lowest BCUT2D eigenvalue weighted by Gasteiger charge is -2.22. The second-order valence-corrected chi connectivity index (χ2v) is 6.61. The number of likely N-dealkylation sites (tertiary alicyclic amines) is 1. The number of hydrogen-bond donors (Lipinski definition) is 2. The lowest BCUT2D eigenvalue weighted by molar-refractivity contribution is -0.130. The summed E-state index contributed by atoms with van der Waals surface area (Å²) < 4.78 is 0. The number of amides is 2. The Hall–Kier alpha value is -1.88. The maximum Gasteiger partial charge on any atom is 0.225 e. The molecule has 3 atom stereocenters. The van der Waals surface area contributed by atoms with E-state index >= 15 is 0 Å². The molecule has 1 aromatic carbocycles. The molecule has 5 nitrogen and oxygen atoms in total. The number of aliphatic hydroxyl groups is 1. The zero-order valence-electron chi connectivity index (χ0n) is 14.0. The van der Waals surface area contributed by atoms with Crippen molar-refractivity contribution >= 4 is 11.8 Å². The molecular formula is C18H26N2O3. The van der Waals surface area contributed by atoms with Crippen LogP contribution in [0.3, 0.4) is 0 Å². The first-order valence-corrected chi connectivity index (χ1v) is 8.21. The molecule has 0 aromatic heterocycles. The van der Waals surface area contributed by atoms with Crippen LogP contribution in [0.5, 0.6) is 0 Å². The Morgan fingerprint density at radius 3 is 2.52 bits per heavy atom. The van der Waals surface area contributed by atoms with E-state index in [2.05, 4.69) is 5.32 Å². The van der Waals surface area contributed by atoms with Crippen LogP contribution in [0.25, 0.3) is 0 Å². The van der Waals surface area contributed by atoms with E-state index < -0.39 is 6.10 Å². The fourth-order valence-electron chi connectivity index (χ4n) is 2.97. The summed E-state index contributed by atoms with van der Waals surface area (Å²) in [7, 11) is 0.